The summed E-state index contributed by atoms with van der Waals surface area (Å²) in [6.07, 6.45) is -4.22. The average molecular weight is 619 g/mol. The summed E-state index contributed by atoms with van der Waals surface area (Å²) in [6, 6.07) is 0. The van der Waals surface area contributed by atoms with Gasteiger partial charge in [-0.3, -0.25) is 14.4 Å². The molecule has 12 nitrogen and oxygen atoms in total. The Bertz CT molecular complexity index is 1400. The van der Waals surface area contributed by atoms with E-state index >= 15 is 0 Å². The van der Waals surface area contributed by atoms with Crippen LogP contribution in [0, 0.1) is 51.8 Å². The number of hydrogen-bond acceptors (Lipinski definition) is 12. The maximum absolute atomic E-state index is 14.2. The number of carbonyl (C=O) groups is 4. The average Bonchev–Trinajstić information content (AvgIpc) is 3.59. The first-order valence-electron chi connectivity index (χ1n) is 15.6. The standard InChI is InChI=1S/C32H42O12/c1-11-8-17-30(6,31(7,39)27(38)44-17)21-19(11)28(4)16(41-12(2)33)9-14-18(20(28)23(21)36)22(35)25(37)32(40)10-15-24(43-15)26(29(14,32)5)42-13(3)34/h8,11,14-16,18-24,26,35-36,39-40H,9-10H2,1-7H3/t11-,14?,15+,16+,18-,19+,20-,21+,22-,23-,24+,26+,28-,29+,30+,31-,32+/m1/s1. The molecule has 0 aromatic rings. The number of epoxide rings is 1. The number of aliphatic hydroxyl groups excluding tert-OH is 2. The first-order chi connectivity index (χ1) is 20.3. The Morgan fingerprint density at radius 3 is 2.23 bits per heavy atom. The van der Waals surface area contributed by atoms with E-state index in [1.807, 2.05) is 13.8 Å². The molecule has 44 heavy (non-hydrogen) atoms. The molecule has 242 valence electrons. The Balaban J connectivity index is 1.44. The van der Waals surface area contributed by atoms with Crippen molar-refractivity contribution in [3.8, 4) is 0 Å². The molecule has 7 rings (SSSR count). The number of rotatable bonds is 2. The maximum atomic E-state index is 14.2. The van der Waals surface area contributed by atoms with Crippen molar-refractivity contribution in [2.24, 2.45) is 51.8 Å². The van der Waals surface area contributed by atoms with E-state index in [0.29, 0.717) is 0 Å². The lowest BCUT2D eigenvalue weighted by molar-refractivity contribution is -0.266. The summed E-state index contributed by atoms with van der Waals surface area (Å²) in [5, 5.41) is 48.2. The third-order valence-electron chi connectivity index (χ3n) is 13.7. The first kappa shape index (κ1) is 30.3. The van der Waals surface area contributed by atoms with Crippen LogP contribution in [0.1, 0.15) is 61.3 Å². The zero-order chi connectivity index (χ0) is 32.3. The monoisotopic (exact) mass is 618 g/mol. The predicted octanol–water partition coefficient (Wildman–Crippen LogP) is 0.415. The lowest BCUT2D eigenvalue weighted by atomic mass is 9.40. The first-order valence-corrected chi connectivity index (χ1v) is 15.6. The zero-order valence-corrected chi connectivity index (χ0v) is 26.0. The van der Waals surface area contributed by atoms with E-state index < -0.39 is 117 Å². The van der Waals surface area contributed by atoms with Gasteiger partial charge in [0.25, 0.3) is 0 Å². The van der Waals surface area contributed by atoms with Gasteiger partial charge in [-0.1, -0.05) is 20.8 Å². The molecular weight excluding hydrogens is 576 g/mol. The topological polar surface area (TPSA) is 189 Å². The normalized spacial score (nSPS) is 58.2. The van der Waals surface area contributed by atoms with Crippen molar-refractivity contribution in [2.75, 3.05) is 0 Å². The molecule has 7 aliphatic rings. The van der Waals surface area contributed by atoms with Crippen LogP contribution < -0.4 is 0 Å². The molecule has 0 spiro atoms. The predicted molar refractivity (Wildman–Crippen MR) is 147 cm³/mol. The van der Waals surface area contributed by atoms with Crippen molar-refractivity contribution in [1.82, 2.24) is 0 Å². The number of aliphatic hydroxyl groups is 4. The van der Waals surface area contributed by atoms with E-state index in [0.717, 1.165) is 0 Å². The quantitative estimate of drug-likeness (QED) is 0.190. The fraction of sp³-hybridized carbons (Fsp3) is 0.812. The fourth-order valence-corrected chi connectivity index (χ4v) is 11.5. The molecule has 4 saturated carbocycles. The minimum absolute atomic E-state index is 0.0935. The Morgan fingerprint density at radius 2 is 1.61 bits per heavy atom. The van der Waals surface area contributed by atoms with Gasteiger partial charge in [0, 0.05) is 48.9 Å². The molecule has 0 amide bonds. The third-order valence-corrected chi connectivity index (χ3v) is 13.7. The molecule has 2 saturated heterocycles. The van der Waals surface area contributed by atoms with E-state index in [1.54, 1.807) is 19.9 Å². The molecule has 2 heterocycles. The van der Waals surface area contributed by atoms with Gasteiger partial charge in [-0.25, -0.2) is 4.79 Å². The van der Waals surface area contributed by atoms with Crippen LogP contribution in [0.25, 0.3) is 0 Å². The minimum atomic E-state index is -2.13. The van der Waals surface area contributed by atoms with Crippen LogP contribution in [-0.4, -0.2) is 91.9 Å². The maximum Gasteiger partial charge on any atom is 0.343 e. The molecule has 0 aromatic heterocycles. The Morgan fingerprint density at radius 1 is 0.977 bits per heavy atom. The van der Waals surface area contributed by atoms with Gasteiger partial charge < -0.3 is 39.4 Å². The second-order valence-corrected chi connectivity index (χ2v) is 15.3. The number of esters is 3. The highest BCUT2D eigenvalue weighted by Crippen LogP contribution is 2.75. The summed E-state index contributed by atoms with van der Waals surface area (Å²) < 4.78 is 23.2. The Labute approximate surface area is 255 Å². The second kappa shape index (κ2) is 8.70. The number of fused-ring (bicyclic) bond motifs is 10. The van der Waals surface area contributed by atoms with E-state index in [-0.39, 0.29) is 24.5 Å². The van der Waals surface area contributed by atoms with Gasteiger partial charge in [0.2, 0.25) is 0 Å². The van der Waals surface area contributed by atoms with Crippen LogP contribution in [0.3, 0.4) is 0 Å². The number of allylic oxidation sites excluding steroid dienone is 1. The summed E-state index contributed by atoms with van der Waals surface area (Å²) in [5.41, 5.74) is -8.02. The molecule has 17 atom stereocenters. The lowest BCUT2D eigenvalue weighted by Crippen LogP contribution is -2.77. The summed E-state index contributed by atoms with van der Waals surface area (Å²) >= 11 is 0. The van der Waals surface area contributed by atoms with Gasteiger partial charge in [0.15, 0.2) is 11.4 Å². The molecule has 0 radical (unpaired) electrons. The Kier molecular flexibility index (Phi) is 5.99. The number of Topliss-reactive ketones (excluding diaryl/α,β-unsaturated/α-hetero) is 1. The summed E-state index contributed by atoms with van der Waals surface area (Å²) in [4.78, 5) is 52.2. The highest BCUT2D eigenvalue weighted by atomic mass is 16.6. The van der Waals surface area contributed by atoms with Gasteiger partial charge >= 0.3 is 17.9 Å². The van der Waals surface area contributed by atoms with Gasteiger partial charge in [0.1, 0.15) is 35.8 Å². The molecule has 4 N–H and O–H groups in total. The molecule has 5 aliphatic carbocycles. The van der Waals surface area contributed by atoms with Crippen LogP contribution in [0.2, 0.25) is 0 Å². The van der Waals surface area contributed by atoms with Crippen LogP contribution in [0.15, 0.2) is 11.8 Å². The van der Waals surface area contributed by atoms with Gasteiger partial charge in [-0.05, 0) is 44.1 Å². The minimum Gasteiger partial charge on any atom is -0.462 e. The van der Waals surface area contributed by atoms with E-state index in [4.69, 9.17) is 18.9 Å². The largest absolute Gasteiger partial charge is 0.462 e. The van der Waals surface area contributed by atoms with Crippen molar-refractivity contribution >= 4 is 23.7 Å². The third kappa shape index (κ3) is 3.17. The molecule has 1 unspecified atom stereocenters. The SMILES string of the molecule is CC(=O)O[C@H]1CC2[C@H]([C@@H]3[C@@H](O)[C@@H]4[C@H]([C@H](C)C=C5OC(=O)[C@@](C)(O)[C@@]54C)[C@]31C)[C@@H](O)C(=O)[C@@]1(O)C[C@@H]3O[C@@H]3[C@H](OC(C)=O)[C@]21C. The second-order valence-electron chi connectivity index (χ2n) is 15.3. The van der Waals surface area contributed by atoms with Crippen molar-refractivity contribution in [2.45, 2.75) is 109 Å². The highest BCUT2D eigenvalue weighted by molar-refractivity contribution is 5.94. The molecule has 6 fully saturated rings. The van der Waals surface area contributed by atoms with Crippen molar-refractivity contribution in [3.05, 3.63) is 11.8 Å². The van der Waals surface area contributed by atoms with Crippen LogP contribution in [-0.2, 0) is 38.1 Å². The van der Waals surface area contributed by atoms with Crippen molar-refractivity contribution in [1.29, 1.82) is 0 Å². The highest BCUT2D eigenvalue weighted by Gasteiger charge is 2.83. The smallest absolute Gasteiger partial charge is 0.343 e. The number of hydrogen-bond donors (Lipinski definition) is 4. The molecule has 0 aromatic carbocycles. The Hall–Kier alpha value is -2.38. The van der Waals surface area contributed by atoms with Crippen LogP contribution in [0.4, 0.5) is 0 Å². The van der Waals surface area contributed by atoms with Gasteiger partial charge in [-0.2, -0.15) is 0 Å². The molecular formula is C32H42O12. The summed E-state index contributed by atoms with van der Waals surface area (Å²) in [7, 11) is 0. The molecule has 0 bridgehead atoms. The van der Waals surface area contributed by atoms with Crippen LogP contribution in [0.5, 0.6) is 0 Å². The zero-order valence-electron chi connectivity index (χ0n) is 26.0. The van der Waals surface area contributed by atoms with Gasteiger partial charge in [-0.15, -0.1) is 0 Å². The lowest BCUT2D eigenvalue weighted by Gasteiger charge is -2.65. The number of ketones is 1. The van der Waals surface area contributed by atoms with Gasteiger partial charge in [0.05, 0.1) is 17.6 Å². The number of carbonyl (C=O) groups excluding carboxylic acids is 4. The number of ether oxygens (including phenoxy) is 4. The van der Waals surface area contributed by atoms with E-state index in [1.165, 1.54) is 20.8 Å². The van der Waals surface area contributed by atoms with E-state index in [2.05, 4.69) is 0 Å². The fourth-order valence-electron chi connectivity index (χ4n) is 11.5. The summed E-state index contributed by atoms with van der Waals surface area (Å²) in [6.45, 7) is 11.0. The van der Waals surface area contributed by atoms with E-state index in [9.17, 15) is 39.6 Å². The molecule has 2 aliphatic heterocycles. The van der Waals surface area contributed by atoms with Crippen molar-refractivity contribution < 1.29 is 58.6 Å². The summed E-state index contributed by atoms with van der Waals surface area (Å²) in [5.74, 6) is -6.83. The van der Waals surface area contributed by atoms with Crippen LogP contribution >= 0.6 is 0 Å². The molecule has 12 heteroatoms. The van der Waals surface area contributed by atoms with Crippen molar-refractivity contribution in [3.63, 3.8) is 0 Å².